The molecule has 0 aliphatic carbocycles. The summed E-state index contributed by atoms with van der Waals surface area (Å²) in [4.78, 5) is -0.0560. The third-order valence-corrected chi connectivity index (χ3v) is 7.10. The highest BCUT2D eigenvalue weighted by Gasteiger charge is 2.34. The highest BCUT2D eigenvalue weighted by molar-refractivity contribution is 7.89. The third-order valence-electron chi connectivity index (χ3n) is 5.59. The average molecular weight is 479 g/mol. The normalized spacial score (nSPS) is 21.2. The Morgan fingerprint density at radius 3 is 2.61 bits per heavy atom. The van der Waals surface area contributed by atoms with Crippen LogP contribution < -0.4 is 4.72 Å². The second-order valence-electron chi connectivity index (χ2n) is 7.87. The van der Waals surface area contributed by atoms with Crippen LogP contribution in [0.5, 0.6) is 0 Å². The van der Waals surface area contributed by atoms with Crippen LogP contribution in [-0.4, -0.2) is 53.4 Å². The van der Waals surface area contributed by atoms with Crippen LogP contribution in [0.2, 0.25) is 0 Å². The largest absolute Gasteiger partial charge is 0.394 e. The Morgan fingerprint density at radius 2 is 1.88 bits per heavy atom. The fraction of sp³-hybridized carbons (Fsp3) is 0.364. The SMILES string of the molecule is O=S(=O)(N[C@H]1CC[C@@H](CCn2cc(-c3ccccc3F)nn2)O[C@@H]1CO)c1ccc(F)cc1. The van der Waals surface area contributed by atoms with Crippen molar-refractivity contribution < 1.29 is 27.0 Å². The number of rotatable bonds is 8. The molecular formula is C22H24F2N4O4S. The molecule has 1 aromatic heterocycles. The number of nitrogens with one attached hydrogen (secondary N) is 1. The van der Waals surface area contributed by atoms with Crippen molar-refractivity contribution in [3.63, 3.8) is 0 Å². The maximum Gasteiger partial charge on any atom is 0.240 e. The Labute approximate surface area is 190 Å². The maximum atomic E-state index is 13.9. The number of halogens is 2. The van der Waals surface area contributed by atoms with Gasteiger partial charge in [-0.1, -0.05) is 17.3 Å². The number of hydrogen-bond acceptors (Lipinski definition) is 6. The van der Waals surface area contributed by atoms with Gasteiger partial charge >= 0.3 is 0 Å². The van der Waals surface area contributed by atoms with Gasteiger partial charge in [-0.25, -0.2) is 21.9 Å². The molecule has 0 unspecified atom stereocenters. The van der Waals surface area contributed by atoms with Crippen LogP contribution in [-0.2, 0) is 21.3 Å². The predicted molar refractivity (Wildman–Crippen MR) is 116 cm³/mol. The van der Waals surface area contributed by atoms with E-state index in [1.807, 2.05) is 0 Å². The number of aliphatic hydroxyl groups is 1. The van der Waals surface area contributed by atoms with Gasteiger partial charge in [0.2, 0.25) is 10.0 Å². The molecule has 0 radical (unpaired) electrons. The molecule has 1 fully saturated rings. The highest BCUT2D eigenvalue weighted by atomic mass is 32.2. The van der Waals surface area contributed by atoms with E-state index in [1.54, 1.807) is 29.1 Å². The molecule has 1 aliphatic heterocycles. The first-order valence-corrected chi connectivity index (χ1v) is 12.0. The summed E-state index contributed by atoms with van der Waals surface area (Å²) < 4.78 is 62.3. The van der Waals surface area contributed by atoms with Crippen LogP contribution in [0.4, 0.5) is 8.78 Å². The van der Waals surface area contributed by atoms with Crippen molar-refractivity contribution in [1.29, 1.82) is 0 Å². The molecule has 0 saturated carbocycles. The molecule has 3 atom stereocenters. The minimum Gasteiger partial charge on any atom is -0.394 e. The summed E-state index contributed by atoms with van der Waals surface area (Å²) >= 11 is 0. The molecule has 176 valence electrons. The zero-order chi connectivity index (χ0) is 23.4. The first kappa shape index (κ1) is 23.4. The lowest BCUT2D eigenvalue weighted by Gasteiger charge is -2.36. The van der Waals surface area contributed by atoms with Gasteiger partial charge in [0.05, 0.1) is 35.9 Å². The number of ether oxygens (including phenoxy) is 1. The van der Waals surface area contributed by atoms with Crippen molar-refractivity contribution in [1.82, 2.24) is 19.7 Å². The second-order valence-corrected chi connectivity index (χ2v) is 9.59. The summed E-state index contributed by atoms with van der Waals surface area (Å²) in [6, 6.07) is 10.2. The van der Waals surface area contributed by atoms with Gasteiger partial charge in [-0.05, 0) is 55.7 Å². The van der Waals surface area contributed by atoms with E-state index in [1.165, 1.54) is 18.2 Å². The summed E-state index contributed by atoms with van der Waals surface area (Å²) in [5.41, 5.74) is 0.801. The van der Waals surface area contributed by atoms with Gasteiger partial charge in [0, 0.05) is 12.1 Å². The maximum absolute atomic E-state index is 13.9. The molecule has 11 heteroatoms. The van der Waals surface area contributed by atoms with Gasteiger partial charge in [0.25, 0.3) is 0 Å². The van der Waals surface area contributed by atoms with Crippen molar-refractivity contribution in [2.45, 2.75) is 49.0 Å². The molecular weight excluding hydrogens is 454 g/mol. The Balaban J connectivity index is 1.34. The van der Waals surface area contributed by atoms with Crippen molar-refractivity contribution >= 4 is 10.0 Å². The van der Waals surface area contributed by atoms with Crippen molar-refractivity contribution in [2.24, 2.45) is 0 Å². The standard InChI is InChI=1S/C22H24F2N4O4S/c23-15-5-8-17(9-6-15)33(30,31)26-20-10-7-16(32-22(20)14-29)11-12-28-13-21(25-27-28)18-3-1-2-4-19(18)24/h1-6,8-9,13,16,20,22,26,29H,7,10-12,14H2/t16-,20-,22+/m0/s1. The fourth-order valence-electron chi connectivity index (χ4n) is 3.84. The van der Waals surface area contributed by atoms with Crippen LogP contribution in [0.15, 0.2) is 59.6 Å². The number of aliphatic hydroxyl groups excluding tert-OH is 1. The smallest absolute Gasteiger partial charge is 0.240 e. The molecule has 4 rings (SSSR count). The van der Waals surface area contributed by atoms with Crippen LogP contribution in [0.1, 0.15) is 19.3 Å². The lowest BCUT2D eigenvalue weighted by molar-refractivity contribution is -0.0891. The van der Waals surface area contributed by atoms with Gasteiger partial charge in [-0.2, -0.15) is 0 Å². The summed E-state index contributed by atoms with van der Waals surface area (Å²) in [7, 11) is -3.88. The van der Waals surface area contributed by atoms with Gasteiger partial charge in [-0.15, -0.1) is 5.10 Å². The van der Waals surface area contributed by atoms with Gasteiger partial charge in [0.1, 0.15) is 17.3 Å². The van der Waals surface area contributed by atoms with E-state index in [-0.39, 0.29) is 23.4 Å². The first-order valence-electron chi connectivity index (χ1n) is 10.5. The Morgan fingerprint density at radius 1 is 1.12 bits per heavy atom. The van der Waals surface area contributed by atoms with Gasteiger partial charge in [-0.3, -0.25) is 4.68 Å². The summed E-state index contributed by atoms with van der Waals surface area (Å²) in [5.74, 6) is -0.903. The Hall–Kier alpha value is -2.73. The fourth-order valence-corrected chi connectivity index (χ4v) is 5.13. The lowest BCUT2D eigenvalue weighted by Crippen LogP contribution is -2.50. The van der Waals surface area contributed by atoms with Gasteiger partial charge < -0.3 is 9.84 Å². The highest BCUT2D eigenvalue weighted by Crippen LogP contribution is 2.25. The monoisotopic (exact) mass is 478 g/mol. The minimum atomic E-state index is -3.88. The zero-order valence-corrected chi connectivity index (χ0v) is 18.5. The lowest BCUT2D eigenvalue weighted by atomic mass is 9.98. The van der Waals surface area contributed by atoms with Gasteiger partial charge in [0.15, 0.2) is 0 Å². The van der Waals surface area contributed by atoms with E-state index in [0.717, 1.165) is 12.1 Å². The number of nitrogens with zero attached hydrogens (tertiary/aromatic N) is 3. The third kappa shape index (κ3) is 5.61. The van der Waals surface area contributed by atoms with E-state index in [4.69, 9.17) is 4.74 Å². The van der Waals surface area contributed by atoms with Crippen molar-refractivity contribution in [2.75, 3.05) is 6.61 Å². The molecule has 2 N–H and O–H groups in total. The molecule has 2 heterocycles. The Kier molecular flexibility index (Phi) is 7.13. The quantitative estimate of drug-likeness (QED) is 0.515. The minimum absolute atomic E-state index is 0.0560. The van der Waals surface area contributed by atoms with E-state index in [2.05, 4.69) is 15.0 Å². The summed E-state index contributed by atoms with van der Waals surface area (Å²) in [6.07, 6.45) is 2.33. The van der Waals surface area contributed by atoms with E-state index < -0.39 is 28.0 Å². The van der Waals surface area contributed by atoms with E-state index in [0.29, 0.717) is 37.1 Å². The molecule has 1 saturated heterocycles. The molecule has 0 amide bonds. The number of benzene rings is 2. The second kappa shape index (κ2) is 10.0. The number of aryl methyl sites for hydroxylation is 1. The zero-order valence-electron chi connectivity index (χ0n) is 17.6. The first-order chi connectivity index (χ1) is 15.9. The molecule has 0 bridgehead atoms. The summed E-state index contributed by atoms with van der Waals surface area (Å²) in [5, 5.41) is 17.8. The van der Waals surface area contributed by atoms with Crippen LogP contribution >= 0.6 is 0 Å². The Bertz CT molecular complexity index is 1190. The number of sulfonamides is 1. The summed E-state index contributed by atoms with van der Waals surface area (Å²) in [6.45, 7) is 0.115. The van der Waals surface area contributed by atoms with E-state index >= 15 is 0 Å². The predicted octanol–water partition coefficient (Wildman–Crippen LogP) is 2.50. The number of hydrogen-bond donors (Lipinski definition) is 2. The van der Waals surface area contributed by atoms with Crippen molar-refractivity contribution in [3.05, 3.63) is 66.4 Å². The van der Waals surface area contributed by atoms with Crippen LogP contribution in [0.3, 0.4) is 0 Å². The molecule has 33 heavy (non-hydrogen) atoms. The number of aromatic nitrogens is 3. The molecule has 0 spiro atoms. The van der Waals surface area contributed by atoms with Crippen LogP contribution in [0, 0.1) is 11.6 Å². The van der Waals surface area contributed by atoms with E-state index in [9.17, 15) is 22.3 Å². The topological polar surface area (TPSA) is 106 Å². The molecule has 1 aliphatic rings. The van der Waals surface area contributed by atoms with Crippen LogP contribution in [0.25, 0.3) is 11.3 Å². The molecule has 8 nitrogen and oxygen atoms in total. The van der Waals surface area contributed by atoms with Crippen molar-refractivity contribution in [3.8, 4) is 11.3 Å². The average Bonchev–Trinajstić information content (AvgIpc) is 3.27. The molecule has 3 aromatic rings. The molecule has 2 aromatic carbocycles.